The molecule has 1 nitrogen and oxygen atoms in total. The molecule has 0 unspecified atom stereocenters. The fourth-order valence-corrected chi connectivity index (χ4v) is 6.03. The highest BCUT2D eigenvalue weighted by Crippen LogP contribution is 2.22. The van der Waals surface area contributed by atoms with Gasteiger partial charge in [-0.05, 0) is 24.9 Å². The standard InChI is InChI=1S/C12H29NSSi/c1-6-13(7-2)12-14-10-11-15(5,8-3)9-4/h6-12H2,1-5H3. The van der Waals surface area contributed by atoms with E-state index in [2.05, 4.69) is 50.9 Å². The molecule has 0 heterocycles. The van der Waals surface area contributed by atoms with Crippen molar-refractivity contribution in [2.75, 3.05) is 24.7 Å². The minimum Gasteiger partial charge on any atom is -0.295 e. The van der Waals surface area contributed by atoms with Gasteiger partial charge in [0.15, 0.2) is 0 Å². The zero-order chi connectivity index (χ0) is 11.7. The Kier molecular flexibility index (Phi) is 8.96. The maximum absolute atomic E-state index is 2.56. The van der Waals surface area contributed by atoms with Crippen molar-refractivity contribution in [2.45, 2.75) is 52.4 Å². The topological polar surface area (TPSA) is 3.24 Å². The highest BCUT2D eigenvalue weighted by atomic mass is 32.2. The Morgan fingerprint density at radius 1 is 1.00 bits per heavy atom. The quantitative estimate of drug-likeness (QED) is 0.342. The lowest BCUT2D eigenvalue weighted by atomic mass is 10.6. The molecule has 0 rings (SSSR count). The molecule has 0 aromatic rings. The van der Waals surface area contributed by atoms with Crippen LogP contribution < -0.4 is 0 Å². The molecule has 0 bridgehead atoms. The first-order chi connectivity index (χ1) is 7.11. The van der Waals surface area contributed by atoms with Crippen molar-refractivity contribution in [1.29, 1.82) is 0 Å². The molecule has 0 aromatic carbocycles. The van der Waals surface area contributed by atoms with Gasteiger partial charge in [-0.15, -0.1) is 11.8 Å². The molecule has 0 aliphatic heterocycles. The van der Waals surface area contributed by atoms with E-state index in [1.54, 1.807) is 0 Å². The van der Waals surface area contributed by atoms with Crippen molar-refractivity contribution in [3.63, 3.8) is 0 Å². The van der Waals surface area contributed by atoms with E-state index in [0.29, 0.717) is 0 Å². The van der Waals surface area contributed by atoms with Crippen molar-refractivity contribution in [1.82, 2.24) is 4.90 Å². The Hall–Kier alpha value is 0.527. The van der Waals surface area contributed by atoms with Crippen LogP contribution in [0, 0.1) is 0 Å². The Balaban J connectivity index is 3.60. The van der Waals surface area contributed by atoms with E-state index in [0.717, 1.165) is 0 Å². The molecule has 0 spiro atoms. The van der Waals surface area contributed by atoms with E-state index >= 15 is 0 Å². The number of nitrogens with zero attached hydrogens (tertiary/aromatic N) is 1. The van der Waals surface area contributed by atoms with Crippen LogP contribution in [0.3, 0.4) is 0 Å². The van der Waals surface area contributed by atoms with Crippen molar-refractivity contribution in [3.8, 4) is 0 Å². The molecule has 0 N–H and O–H groups in total. The van der Waals surface area contributed by atoms with Crippen LogP contribution in [0.15, 0.2) is 0 Å². The molecule has 0 saturated heterocycles. The molecule has 0 saturated carbocycles. The first-order valence-electron chi connectivity index (χ1n) is 6.42. The molecular weight excluding hydrogens is 218 g/mol. The fraction of sp³-hybridized carbons (Fsp3) is 1.00. The van der Waals surface area contributed by atoms with Gasteiger partial charge >= 0.3 is 0 Å². The van der Waals surface area contributed by atoms with Crippen molar-refractivity contribution < 1.29 is 0 Å². The van der Waals surface area contributed by atoms with Gasteiger partial charge in [0, 0.05) is 5.88 Å². The molecule has 0 aromatic heterocycles. The molecule has 0 aliphatic carbocycles. The smallest absolute Gasteiger partial charge is 0.0507 e. The molecule has 92 valence electrons. The first kappa shape index (κ1) is 15.5. The highest BCUT2D eigenvalue weighted by Gasteiger charge is 2.21. The lowest BCUT2D eigenvalue weighted by molar-refractivity contribution is 0.358. The third-order valence-electron chi connectivity index (χ3n) is 3.73. The third kappa shape index (κ3) is 6.64. The monoisotopic (exact) mass is 247 g/mol. The largest absolute Gasteiger partial charge is 0.295 e. The summed E-state index contributed by atoms with van der Waals surface area (Å²) >= 11 is 2.13. The Morgan fingerprint density at radius 2 is 1.53 bits per heavy atom. The van der Waals surface area contributed by atoms with Crippen LogP contribution in [0.4, 0.5) is 0 Å². The highest BCUT2D eigenvalue weighted by molar-refractivity contribution is 7.99. The maximum atomic E-state index is 2.56. The average molecular weight is 248 g/mol. The first-order valence-corrected chi connectivity index (χ1v) is 10.7. The predicted octanol–water partition coefficient (Wildman–Crippen LogP) is 4.14. The summed E-state index contributed by atoms with van der Waals surface area (Å²) in [6.07, 6.45) is 0. The molecule has 3 heteroatoms. The second-order valence-corrected chi connectivity index (χ2v) is 11.2. The van der Waals surface area contributed by atoms with Crippen LogP contribution in [0.1, 0.15) is 27.7 Å². The van der Waals surface area contributed by atoms with Gasteiger partial charge in [0.05, 0.1) is 8.07 Å². The number of rotatable bonds is 9. The van der Waals surface area contributed by atoms with Crippen molar-refractivity contribution in [3.05, 3.63) is 0 Å². The predicted molar refractivity (Wildman–Crippen MR) is 77.6 cm³/mol. The third-order valence-corrected chi connectivity index (χ3v) is 10.00. The minimum absolute atomic E-state index is 0.829. The van der Waals surface area contributed by atoms with Crippen LogP contribution in [0.2, 0.25) is 24.7 Å². The van der Waals surface area contributed by atoms with Gasteiger partial charge in [0.2, 0.25) is 0 Å². The van der Waals surface area contributed by atoms with Crippen LogP contribution in [-0.2, 0) is 0 Å². The summed E-state index contributed by atoms with van der Waals surface area (Å²) < 4.78 is 0. The van der Waals surface area contributed by atoms with E-state index in [1.165, 1.54) is 42.9 Å². The van der Waals surface area contributed by atoms with Crippen LogP contribution >= 0.6 is 11.8 Å². The van der Waals surface area contributed by atoms with Gasteiger partial charge in [-0.25, -0.2) is 0 Å². The second-order valence-electron chi connectivity index (χ2n) is 4.61. The summed E-state index contributed by atoms with van der Waals surface area (Å²) in [6, 6.07) is 4.41. The van der Waals surface area contributed by atoms with Gasteiger partial charge in [-0.1, -0.05) is 46.3 Å². The van der Waals surface area contributed by atoms with Gasteiger partial charge < -0.3 is 0 Å². The zero-order valence-corrected chi connectivity index (χ0v) is 13.1. The number of hydrogen-bond donors (Lipinski definition) is 0. The van der Waals surface area contributed by atoms with Crippen molar-refractivity contribution >= 4 is 19.8 Å². The molecule has 15 heavy (non-hydrogen) atoms. The van der Waals surface area contributed by atoms with E-state index in [9.17, 15) is 0 Å². The van der Waals surface area contributed by atoms with Crippen LogP contribution in [-0.4, -0.2) is 37.7 Å². The molecule has 0 atom stereocenters. The lowest BCUT2D eigenvalue weighted by Crippen LogP contribution is -2.28. The summed E-state index contributed by atoms with van der Waals surface area (Å²) in [5.41, 5.74) is 0. The van der Waals surface area contributed by atoms with E-state index in [1.807, 2.05) is 0 Å². The zero-order valence-electron chi connectivity index (χ0n) is 11.3. The summed E-state index contributed by atoms with van der Waals surface area (Å²) in [7, 11) is -0.829. The van der Waals surface area contributed by atoms with E-state index < -0.39 is 8.07 Å². The molecular formula is C12H29NSSi. The van der Waals surface area contributed by atoms with Gasteiger partial charge in [-0.3, -0.25) is 4.90 Å². The summed E-state index contributed by atoms with van der Waals surface area (Å²) in [6.45, 7) is 14.2. The number of thioether (sulfide) groups is 1. The number of hydrogen-bond acceptors (Lipinski definition) is 2. The fourth-order valence-electron chi connectivity index (χ4n) is 1.52. The lowest BCUT2D eigenvalue weighted by Gasteiger charge is -2.24. The Bertz CT molecular complexity index is 145. The maximum Gasteiger partial charge on any atom is 0.0507 e. The van der Waals surface area contributed by atoms with Crippen LogP contribution in [0.5, 0.6) is 0 Å². The van der Waals surface area contributed by atoms with Crippen molar-refractivity contribution in [2.24, 2.45) is 0 Å². The Labute approximate surface area is 102 Å². The average Bonchev–Trinajstić information content (AvgIpc) is 2.29. The molecule has 0 radical (unpaired) electrons. The van der Waals surface area contributed by atoms with E-state index in [4.69, 9.17) is 0 Å². The summed E-state index contributed by atoms with van der Waals surface area (Å²) in [5.74, 6) is 2.60. The minimum atomic E-state index is -0.829. The molecule has 0 fully saturated rings. The summed E-state index contributed by atoms with van der Waals surface area (Å²) in [5, 5.41) is 0. The SMILES string of the molecule is CCN(CC)CSCC[Si](C)(CC)CC. The van der Waals surface area contributed by atoms with Gasteiger partial charge in [0.25, 0.3) is 0 Å². The molecule has 0 aliphatic rings. The van der Waals surface area contributed by atoms with Gasteiger partial charge in [-0.2, -0.15) is 0 Å². The van der Waals surface area contributed by atoms with E-state index in [-0.39, 0.29) is 0 Å². The van der Waals surface area contributed by atoms with Crippen LogP contribution in [0.25, 0.3) is 0 Å². The molecule has 0 amide bonds. The second kappa shape index (κ2) is 8.65. The van der Waals surface area contributed by atoms with Gasteiger partial charge in [0.1, 0.15) is 0 Å². The Morgan fingerprint density at radius 3 is 1.93 bits per heavy atom. The normalized spacial score (nSPS) is 12.4. The summed E-state index contributed by atoms with van der Waals surface area (Å²) in [4.78, 5) is 2.50.